The number of benzene rings is 1. The molecule has 0 aromatic heterocycles. The van der Waals surface area contributed by atoms with E-state index in [1.165, 1.54) is 18.9 Å². The number of thioether (sulfide) groups is 1. The first-order chi connectivity index (χ1) is 10.6. The summed E-state index contributed by atoms with van der Waals surface area (Å²) in [7, 11) is 1.36. The molecule has 1 aliphatic rings. The Bertz CT molecular complexity index is 544. The van der Waals surface area contributed by atoms with Crippen LogP contribution in [0.1, 0.15) is 32.1 Å². The van der Waals surface area contributed by atoms with Crippen LogP contribution in [0.5, 0.6) is 0 Å². The molecule has 1 aliphatic carbocycles. The van der Waals surface area contributed by atoms with Crippen molar-refractivity contribution < 1.29 is 14.3 Å². The van der Waals surface area contributed by atoms with Gasteiger partial charge in [0.1, 0.15) is 5.54 Å². The van der Waals surface area contributed by atoms with Gasteiger partial charge in [0.05, 0.1) is 17.9 Å². The van der Waals surface area contributed by atoms with Crippen molar-refractivity contribution in [3.05, 3.63) is 29.3 Å². The fourth-order valence-electron chi connectivity index (χ4n) is 2.74. The van der Waals surface area contributed by atoms with Crippen molar-refractivity contribution >= 4 is 35.2 Å². The van der Waals surface area contributed by atoms with E-state index in [4.69, 9.17) is 16.3 Å². The van der Waals surface area contributed by atoms with Crippen LogP contribution in [0, 0.1) is 0 Å². The summed E-state index contributed by atoms with van der Waals surface area (Å²) >= 11 is 7.44. The van der Waals surface area contributed by atoms with E-state index in [-0.39, 0.29) is 17.6 Å². The maximum atomic E-state index is 12.2. The first kappa shape index (κ1) is 17.2. The predicted octanol–water partition coefficient (Wildman–Crippen LogP) is 3.42. The molecular weight excluding hydrogens is 322 g/mol. The third-order valence-electron chi connectivity index (χ3n) is 3.86. The first-order valence-corrected chi connectivity index (χ1v) is 8.70. The summed E-state index contributed by atoms with van der Waals surface area (Å²) in [6, 6.07) is 7.39. The molecule has 0 aliphatic heterocycles. The van der Waals surface area contributed by atoms with E-state index in [1.54, 1.807) is 6.07 Å². The summed E-state index contributed by atoms with van der Waals surface area (Å²) in [5, 5.41) is 3.52. The summed E-state index contributed by atoms with van der Waals surface area (Å²) in [6.45, 7) is 0. The van der Waals surface area contributed by atoms with Gasteiger partial charge in [-0.2, -0.15) is 0 Å². The SMILES string of the molecule is COC(=O)C1(NC(=O)CSc2ccccc2Cl)CCCCC1. The fraction of sp³-hybridized carbons (Fsp3) is 0.500. The lowest BCUT2D eigenvalue weighted by molar-refractivity contribution is -0.152. The van der Waals surface area contributed by atoms with Gasteiger partial charge in [-0.1, -0.05) is 43.0 Å². The smallest absolute Gasteiger partial charge is 0.331 e. The number of carbonyl (C=O) groups is 2. The molecule has 4 nitrogen and oxygen atoms in total. The highest BCUT2D eigenvalue weighted by Gasteiger charge is 2.41. The van der Waals surface area contributed by atoms with Crippen LogP contribution in [0.2, 0.25) is 5.02 Å². The Kier molecular flexibility index (Phi) is 6.15. The van der Waals surface area contributed by atoms with Gasteiger partial charge in [0.25, 0.3) is 0 Å². The second-order valence-electron chi connectivity index (χ2n) is 5.40. The highest BCUT2D eigenvalue weighted by molar-refractivity contribution is 8.00. The van der Waals surface area contributed by atoms with E-state index < -0.39 is 5.54 Å². The molecule has 0 unspecified atom stereocenters. The van der Waals surface area contributed by atoms with Crippen LogP contribution in [0.15, 0.2) is 29.2 Å². The quantitative estimate of drug-likeness (QED) is 0.658. The van der Waals surface area contributed by atoms with Crippen LogP contribution < -0.4 is 5.32 Å². The highest BCUT2D eigenvalue weighted by atomic mass is 35.5. The van der Waals surface area contributed by atoms with Crippen LogP contribution in [-0.2, 0) is 14.3 Å². The van der Waals surface area contributed by atoms with Crippen LogP contribution in [-0.4, -0.2) is 30.3 Å². The maximum absolute atomic E-state index is 12.2. The van der Waals surface area contributed by atoms with Crippen LogP contribution in [0.3, 0.4) is 0 Å². The van der Waals surface area contributed by atoms with Gasteiger partial charge in [0.15, 0.2) is 0 Å². The molecule has 1 fully saturated rings. The number of methoxy groups -OCH3 is 1. The Morgan fingerprint density at radius 3 is 2.59 bits per heavy atom. The largest absolute Gasteiger partial charge is 0.467 e. The number of rotatable bonds is 5. The summed E-state index contributed by atoms with van der Waals surface area (Å²) in [5.41, 5.74) is -0.856. The lowest BCUT2D eigenvalue weighted by Gasteiger charge is -2.35. The molecule has 1 aromatic rings. The van der Waals surface area contributed by atoms with Crippen molar-refractivity contribution in [1.82, 2.24) is 5.32 Å². The molecule has 120 valence electrons. The highest BCUT2D eigenvalue weighted by Crippen LogP contribution is 2.30. The number of amides is 1. The molecule has 2 rings (SSSR count). The number of esters is 1. The molecule has 6 heteroatoms. The van der Waals surface area contributed by atoms with Gasteiger partial charge in [-0.15, -0.1) is 11.8 Å². The Labute approximate surface area is 139 Å². The van der Waals surface area contributed by atoms with Crippen molar-refractivity contribution in [2.24, 2.45) is 0 Å². The molecule has 22 heavy (non-hydrogen) atoms. The van der Waals surface area contributed by atoms with E-state index in [2.05, 4.69) is 5.32 Å². The van der Waals surface area contributed by atoms with Gasteiger partial charge in [0, 0.05) is 4.90 Å². The van der Waals surface area contributed by atoms with Crippen LogP contribution >= 0.6 is 23.4 Å². The maximum Gasteiger partial charge on any atom is 0.331 e. The number of hydrogen-bond acceptors (Lipinski definition) is 4. The summed E-state index contributed by atoms with van der Waals surface area (Å²) < 4.78 is 4.89. The molecule has 0 atom stereocenters. The number of halogens is 1. The molecule has 0 spiro atoms. The molecular formula is C16H20ClNO3S. The summed E-state index contributed by atoms with van der Waals surface area (Å²) in [5.74, 6) is -0.289. The zero-order chi connectivity index (χ0) is 16.0. The van der Waals surface area contributed by atoms with Crippen molar-refractivity contribution in [3.8, 4) is 0 Å². The fourth-order valence-corrected chi connectivity index (χ4v) is 3.78. The Hall–Kier alpha value is -1.20. The molecule has 1 N–H and O–H groups in total. The number of hydrogen-bond donors (Lipinski definition) is 1. The predicted molar refractivity (Wildman–Crippen MR) is 88.2 cm³/mol. The minimum absolute atomic E-state index is 0.169. The summed E-state index contributed by atoms with van der Waals surface area (Å²) in [4.78, 5) is 25.2. The second-order valence-corrected chi connectivity index (χ2v) is 6.83. The van der Waals surface area contributed by atoms with E-state index in [9.17, 15) is 9.59 Å². The van der Waals surface area contributed by atoms with Crippen molar-refractivity contribution in [2.45, 2.75) is 42.5 Å². The van der Waals surface area contributed by atoms with E-state index in [0.29, 0.717) is 17.9 Å². The molecule has 1 amide bonds. The second kappa shape index (κ2) is 7.88. The molecule has 0 heterocycles. The van der Waals surface area contributed by atoms with Gasteiger partial charge < -0.3 is 10.1 Å². The number of nitrogens with one attached hydrogen (secondary N) is 1. The molecule has 0 radical (unpaired) electrons. The standard InChI is InChI=1S/C16H20ClNO3S/c1-21-15(20)16(9-5-2-6-10-16)18-14(19)11-22-13-8-4-3-7-12(13)17/h3-4,7-8H,2,5-6,9-11H2,1H3,(H,18,19). The molecule has 0 bridgehead atoms. The zero-order valence-electron chi connectivity index (χ0n) is 12.6. The van der Waals surface area contributed by atoms with Crippen molar-refractivity contribution in [3.63, 3.8) is 0 Å². The van der Waals surface area contributed by atoms with Crippen LogP contribution in [0.25, 0.3) is 0 Å². The Balaban J connectivity index is 1.97. The average Bonchev–Trinajstić information content (AvgIpc) is 2.54. The minimum Gasteiger partial charge on any atom is -0.467 e. The number of carbonyl (C=O) groups excluding carboxylic acids is 2. The molecule has 0 saturated heterocycles. The van der Waals surface area contributed by atoms with Gasteiger partial charge in [-0.05, 0) is 25.0 Å². The van der Waals surface area contributed by atoms with Crippen molar-refractivity contribution in [2.75, 3.05) is 12.9 Å². The third kappa shape index (κ3) is 4.17. The van der Waals surface area contributed by atoms with E-state index >= 15 is 0 Å². The van der Waals surface area contributed by atoms with Gasteiger partial charge >= 0.3 is 5.97 Å². The van der Waals surface area contributed by atoms with E-state index in [1.807, 2.05) is 18.2 Å². The lowest BCUT2D eigenvalue weighted by atomic mass is 9.81. The number of ether oxygens (including phenoxy) is 1. The van der Waals surface area contributed by atoms with Gasteiger partial charge in [0.2, 0.25) is 5.91 Å². The normalized spacial score (nSPS) is 16.8. The minimum atomic E-state index is -0.856. The Morgan fingerprint density at radius 2 is 1.95 bits per heavy atom. The van der Waals surface area contributed by atoms with Crippen molar-refractivity contribution in [1.29, 1.82) is 0 Å². The molecule has 1 aromatic carbocycles. The first-order valence-electron chi connectivity index (χ1n) is 7.34. The average molecular weight is 342 g/mol. The topological polar surface area (TPSA) is 55.4 Å². The summed E-state index contributed by atoms with van der Waals surface area (Å²) in [6.07, 6.45) is 4.22. The van der Waals surface area contributed by atoms with Crippen LogP contribution in [0.4, 0.5) is 0 Å². The monoisotopic (exact) mass is 341 g/mol. The van der Waals surface area contributed by atoms with E-state index in [0.717, 1.165) is 24.2 Å². The zero-order valence-corrected chi connectivity index (χ0v) is 14.1. The lowest BCUT2D eigenvalue weighted by Crippen LogP contribution is -2.56. The Morgan fingerprint density at radius 1 is 1.27 bits per heavy atom. The van der Waals surface area contributed by atoms with Gasteiger partial charge in [-0.3, -0.25) is 4.79 Å². The molecule has 1 saturated carbocycles. The van der Waals surface area contributed by atoms with Gasteiger partial charge in [-0.25, -0.2) is 4.79 Å². The third-order valence-corrected chi connectivity index (χ3v) is 5.37.